The Morgan fingerprint density at radius 1 is 1.14 bits per heavy atom. The van der Waals surface area contributed by atoms with Crippen LogP contribution in [0.3, 0.4) is 0 Å². The molecule has 1 atom stereocenters. The van der Waals surface area contributed by atoms with Gasteiger partial charge in [-0.3, -0.25) is 0 Å². The molecule has 0 bridgehead atoms. The Morgan fingerprint density at radius 3 is 2.73 bits per heavy atom. The number of halogens is 1. The van der Waals surface area contributed by atoms with Crippen molar-refractivity contribution in [1.82, 2.24) is 9.97 Å². The van der Waals surface area contributed by atoms with Gasteiger partial charge in [0.05, 0.1) is 6.61 Å². The number of hydrogen-bond acceptors (Lipinski definition) is 4. The van der Waals surface area contributed by atoms with Crippen LogP contribution in [0.1, 0.15) is 36.1 Å². The molecule has 2 heterocycles. The lowest BCUT2D eigenvalue weighted by molar-refractivity contribution is 0.0395. The van der Waals surface area contributed by atoms with Gasteiger partial charge in [-0.25, -0.2) is 9.97 Å². The van der Waals surface area contributed by atoms with Crippen molar-refractivity contribution in [2.24, 2.45) is 0 Å². The molecule has 1 saturated heterocycles. The summed E-state index contributed by atoms with van der Waals surface area (Å²) in [7, 11) is 0. The van der Waals surface area contributed by atoms with Gasteiger partial charge in [-0.1, -0.05) is 23.7 Å². The van der Waals surface area contributed by atoms with Crippen LogP contribution in [0.2, 0.25) is 5.02 Å². The fourth-order valence-corrected chi connectivity index (χ4v) is 3.00. The van der Waals surface area contributed by atoms with Gasteiger partial charge in [-0.05, 0) is 30.5 Å². The fourth-order valence-electron chi connectivity index (χ4n) is 2.87. The molecule has 0 N–H and O–H groups in total. The number of rotatable bonds is 3. The second-order valence-electron chi connectivity index (χ2n) is 5.93. The number of morpholine rings is 1. The van der Waals surface area contributed by atoms with Crippen molar-refractivity contribution in [3.8, 4) is 0 Å². The van der Waals surface area contributed by atoms with Gasteiger partial charge in [0.2, 0.25) is 0 Å². The number of hydrogen-bond donors (Lipinski definition) is 0. The van der Waals surface area contributed by atoms with E-state index < -0.39 is 0 Å². The molecule has 2 fully saturated rings. The van der Waals surface area contributed by atoms with Crippen molar-refractivity contribution in [2.75, 3.05) is 24.6 Å². The summed E-state index contributed by atoms with van der Waals surface area (Å²) in [6, 6.07) is 10.0. The molecule has 4 nitrogen and oxygen atoms in total. The quantitative estimate of drug-likeness (QED) is 0.867. The highest BCUT2D eigenvalue weighted by atomic mass is 35.5. The van der Waals surface area contributed by atoms with Crippen LogP contribution in [0.5, 0.6) is 0 Å². The van der Waals surface area contributed by atoms with Gasteiger partial charge in [-0.2, -0.15) is 0 Å². The van der Waals surface area contributed by atoms with Gasteiger partial charge < -0.3 is 9.64 Å². The van der Waals surface area contributed by atoms with E-state index in [-0.39, 0.29) is 6.10 Å². The molecule has 0 amide bonds. The summed E-state index contributed by atoms with van der Waals surface area (Å²) in [5.41, 5.74) is 2.34. The first kappa shape index (κ1) is 14.0. The van der Waals surface area contributed by atoms with Crippen LogP contribution < -0.4 is 4.90 Å². The van der Waals surface area contributed by atoms with Gasteiger partial charge in [-0.15, -0.1) is 0 Å². The zero-order valence-corrected chi connectivity index (χ0v) is 13.0. The second kappa shape index (κ2) is 5.86. The molecule has 0 unspecified atom stereocenters. The zero-order valence-electron chi connectivity index (χ0n) is 12.3. The molecule has 2 aromatic rings. The van der Waals surface area contributed by atoms with Crippen LogP contribution >= 0.6 is 11.6 Å². The first-order chi connectivity index (χ1) is 10.8. The summed E-state index contributed by atoms with van der Waals surface area (Å²) in [6.07, 6.45) is 4.26. The van der Waals surface area contributed by atoms with E-state index in [0.717, 1.165) is 29.5 Å². The van der Waals surface area contributed by atoms with Gasteiger partial charge >= 0.3 is 0 Å². The van der Waals surface area contributed by atoms with Crippen LogP contribution in [0.15, 0.2) is 36.7 Å². The third kappa shape index (κ3) is 2.94. The Morgan fingerprint density at radius 2 is 1.95 bits per heavy atom. The van der Waals surface area contributed by atoms with Crippen molar-refractivity contribution in [1.29, 1.82) is 0 Å². The monoisotopic (exact) mass is 315 g/mol. The Kier molecular flexibility index (Phi) is 3.72. The van der Waals surface area contributed by atoms with Gasteiger partial charge in [0.1, 0.15) is 18.2 Å². The predicted octanol–water partition coefficient (Wildman–Crippen LogP) is 3.59. The summed E-state index contributed by atoms with van der Waals surface area (Å²) in [5, 5.41) is 0.751. The van der Waals surface area contributed by atoms with Crippen LogP contribution in [0, 0.1) is 0 Å². The lowest BCUT2D eigenvalue weighted by Crippen LogP contribution is -2.38. The largest absolute Gasteiger partial charge is 0.370 e. The smallest absolute Gasteiger partial charge is 0.132 e. The molecule has 2 aliphatic rings. The van der Waals surface area contributed by atoms with Crippen molar-refractivity contribution >= 4 is 17.4 Å². The van der Waals surface area contributed by atoms with E-state index in [1.807, 2.05) is 24.3 Å². The molecule has 114 valence electrons. The van der Waals surface area contributed by atoms with Crippen LogP contribution in [0.4, 0.5) is 5.82 Å². The number of benzene rings is 1. The SMILES string of the molecule is Clc1ccc([C@H]2CN(c3cc(C4CC4)ncn3)CCO2)cc1. The number of nitrogens with zero attached hydrogens (tertiary/aromatic N) is 3. The van der Waals surface area contributed by atoms with Crippen LogP contribution in [-0.2, 0) is 4.74 Å². The second-order valence-corrected chi connectivity index (χ2v) is 6.37. The molecule has 0 radical (unpaired) electrons. The number of anilines is 1. The minimum atomic E-state index is 0.0605. The third-order valence-electron chi connectivity index (χ3n) is 4.30. The first-order valence-corrected chi connectivity index (χ1v) is 8.11. The highest BCUT2D eigenvalue weighted by Gasteiger charge is 2.27. The van der Waals surface area contributed by atoms with Gasteiger partial charge in [0.15, 0.2) is 0 Å². The average molecular weight is 316 g/mol. The summed E-state index contributed by atoms with van der Waals surface area (Å²) in [4.78, 5) is 11.1. The standard InChI is InChI=1S/C17H18ClN3O/c18-14-5-3-13(4-6-14)16-10-21(7-8-22-16)17-9-15(12-1-2-12)19-11-20-17/h3-6,9,11-12,16H,1-2,7-8,10H2/t16-/m1/s1. The molecule has 22 heavy (non-hydrogen) atoms. The zero-order chi connectivity index (χ0) is 14.9. The summed E-state index contributed by atoms with van der Waals surface area (Å²) in [5.74, 6) is 1.66. The Bertz CT molecular complexity index is 657. The lowest BCUT2D eigenvalue weighted by atomic mass is 10.1. The maximum Gasteiger partial charge on any atom is 0.132 e. The van der Waals surface area contributed by atoms with E-state index in [1.165, 1.54) is 18.5 Å². The van der Waals surface area contributed by atoms with Crippen molar-refractivity contribution in [3.63, 3.8) is 0 Å². The van der Waals surface area contributed by atoms with Crippen molar-refractivity contribution < 1.29 is 4.74 Å². The molecule has 4 rings (SSSR count). The van der Waals surface area contributed by atoms with E-state index in [1.54, 1.807) is 6.33 Å². The molecule has 0 spiro atoms. The normalized spacial score (nSPS) is 21.9. The van der Waals surface area contributed by atoms with E-state index in [4.69, 9.17) is 16.3 Å². The summed E-state index contributed by atoms with van der Waals surface area (Å²) >= 11 is 5.96. The van der Waals surface area contributed by atoms with Crippen LogP contribution in [-0.4, -0.2) is 29.7 Å². The highest BCUT2D eigenvalue weighted by molar-refractivity contribution is 6.30. The minimum absolute atomic E-state index is 0.0605. The molecular formula is C17H18ClN3O. The van der Waals surface area contributed by atoms with E-state index in [9.17, 15) is 0 Å². The lowest BCUT2D eigenvalue weighted by Gasteiger charge is -2.34. The van der Waals surface area contributed by atoms with Crippen molar-refractivity contribution in [3.05, 3.63) is 52.9 Å². The molecule has 1 aromatic carbocycles. The van der Waals surface area contributed by atoms with Crippen LogP contribution in [0.25, 0.3) is 0 Å². The van der Waals surface area contributed by atoms with Gasteiger partial charge in [0, 0.05) is 35.8 Å². The molecule has 1 aromatic heterocycles. The third-order valence-corrected chi connectivity index (χ3v) is 4.55. The molecule has 1 aliphatic heterocycles. The Labute approximate surface area is 135 Å². The average Bonchev–Trinajstić information content (AvgIpc) is 3.41. The van der Waals surface area contributed by atoms with Crippen molar-refractivity contribution in [2.45, 2.75) is 24.9 Å². The summed E-state index contributed by atoms with van der Waals surface area (Å²) in [6.45, 7) is 2.38. The predicted molar refractivity (Wildman–Crippen MR) is 86.4 cm³/mol. The first-order valence-electron chi connectivity index (χ1n) is 7.73. The maximum atomic E-state index is 5.96. The fraction of sp³-hybridized carbons (Fsp3) is 0.412. The molecule has 1 aliphatic carbocycles. The van der Waals surface area contributed by atoms with E-state index >= 15 is 0 Å². The van der Waals surface area contributed by atoms with Gasteiger partial charge in [0.25, 0.3) is 0 Å². The Hall–Kier alpha value is -1.65. The molecule has 5 heteroatoms. The molecular weight excluding hydrogens is 298 g/mol. The topological polar surface area (TPSA) is 38.2 Å². The minimum Gasteiger partial charge on any atom is -0.370 e. The summed E-state index contributed by atoms with van der Waals surface area (Å²) < 4.78 is 5.92. The molecule has 1 saturated carbocycles. The number of ether oxygens (including phenoxy) is 1. The van der Waals surface area contributed by atoms with E-state index in [0.29, 0.717) is 12.5 Å². The van der Waals surface area contributed by atoms with E-state index in [2.05, 4.69) is 20.9 Å². The highest BCUT2D eigenvalue weighted by Crippen LogP contribution is 2.39. The maximum absolute atomic E-state index is 5.96. The number of aromatic nitrogens is 2. The Balaban J connectivity index is 1.53.